The van der Waals surface area contributed by atoms with E-state index in [2.05, 4.69) is 5.32 Å². The predicted molar refractivity (Wildman–Crippen MR) is 116 cm³/mol. The predicted octanol–water partition coefficient (Wildman–Crippen LogP) is 4.23. The van der Waals surface area contributed by atoms with Crippen molar-refractivity contribution in [3.63, 3.8) is 0 Å². The number of methoxy groups -OCH3 is 2. The lowest BCUT2D eigenvalue weighted by Crippen LogP contribution is -2.25. The van der Waals surface area contributed by atoms with E-state index in [1.54, 1.807) is 56.7 Å². The summed E-state index contributed by atoms with van der Waals surface area (Å²) in [5.74, 6) is 1.92. The third-order valence-corrected chi connectivity index (χ3v) is 6.01. The van der Waals surface area contributed by atoms with E-state index in [4.69, 9.17) is 25.5 Å². The van der Waals surface area contributed by atoms with Gasteiger partial charge >= 0.3 is 0 Å². The normalized spacial score (nSPS) is 11.7. The molecule has 0 aliphatic heterocycles. The maximum atomic E-state index is 12.4. The van der Waals surface area contributed by atoms with Gasteiger partial charge in [-0.1, -0.05) is 17.7 Å². The van der Waals surface area contributed by atoms with Crippen LogP contribution in [0.3, 0.4) is 0 Å². The van der Waals surface area contributed by atoms with E-state index in [9.17, 15) is 9.00 Å². The summed E-state index contributed by atoms with van der Waals surface area (Å²) in [5, 5.41) is 3.41. The smallest absolute Gasteiger partial charge is 0.287 e. The highest BCUT2D eigenvalue weighted by molar-refractivity contribution is 7.84. The van der Waals surface area contributed by atoms with Gasteiger partial charge in [-0.25, -0.2) is 0 Å². The number of carbonyl (C=O) groups is 1. The molecule has 1 heterocycles. The summed E-state index contributed by atoms with van der Waals surface area (Å²) in [7, 11) is 1.90. The van der Waals surface area contributed by atoms with Gasteiger partial charge < -0.3 is 19.2 Å². The first-order valence-corrected chi connectivity index (χ1v) is 10.9. The van der Waals surface area contributed by atoms with Crippen LogP contribution in [-0.2, 0) is 23.0 Å². The molecule has 0 saturated heterocycles. The van der Waals surface area contributed by atoms with Gasteiger partial charge in [-0.05, 0) is 54.4 Å². The Balaban J connectivity index is 1.54. The Morgan fingerprint density at radius 1 is 1.07 bits per heavy atom. The van der Waals surface area contributed by atoms with Crippen molar-refractivity contribution in [3.05, 3.63) is 76.7 Å². The van der Waals surface area contributed by atoms with Crippen molar-refractivity contribution < 1.29 is 22.9 Å². The molecule has 2 aromatic carbocycles. The van der Waals surface area contributed by atoms with Crippen LogP contribution in [0.1, 0.15) is 21.9 Å². The van der Waals surface area contributed by atoms with Gasteiger partial charge in [-0.3, -0.25) is 9.00 Å². The van der Waals surface area contributed by atoms with Crippen LogP contribution >= 0.6 is 11.6 Å². The molecule has 0 fully saturated rings. The largest absolute Gasteiger partial charge is 0.497 e. The fourth-order valence-electron chi connectivity index (χ4n) is 2.83. The molecule has 30 heavy (non-hydrogen) atoms. The fraction of sp³-hybridized carbons (Fsp3) is 0.227. The highest BCUT2D eigenvalue weighted by Gasteiger charge is 2.14. The molecule has 0 spiro atoms. The Morgan fingerprint density at radius 2 is 1.83 bits per heavy atom. The van der Waals surface area contributed by atoms with Gasteiger partial charge in [0.1, 0.15) is 17.3 Å². The second-order valence-electron chi connectivity index (χ2n) is 6.39. The Kier molecular flexibility index (Phi) is 7.54. The van der Waals surface area contributed by atoms with Gasteiger partial charge in [0.25, 0.3) is 5.91 Å². The summed E-state index contributed by atoms with van der Waals surface area (Å²) in [6.07, 6.45) is 0.590. The first kappa shape index (κ1) is 21.9. The Hall–Kier alpha value is -2.77. The summed E-state index contributed by atoms with van der Waals surface area (Å²) in [6, 6.07) is 15.6. The number of hydrogen-bond acceptors (Lipinski definition) is 5. The highest BCUT2D eigenvalue weighted by atomic mass is 35.5. The molecule has 1 N–H and O–H groups in total. The molecular formula is C22H22ClNO5S. The van der Waals surface area contributed by atoms with Crippen LogP contribution in [0, 0.1) is 0 Å². The van der Waals surface area contributed by atoms with Crippen LogP contribution in [0.4, 0.5) is 0 Å². The molecule has 0 aliphatic carbocycles. The first-order chi connectivity index (χ1) is 14.5. The monoisotopic (exact) mass is 447 g/mol. The molecule has 6 nitrogen and oxygen atoms in total. The van der Waals surface area contributed by atoms with E-state index in [0.29, 0.717) is 40.1 Å². The molecule has 0 radical (unpaired) electrons. The van der Waals surface area contributed by atoms with Crippen LogP contribution in [0.25, 0.3) is 0 Å². The second kappa shape index (κ2) is 10.3. The molecule has 8 heteroatoms. The van der Waals surface area contributed by atoms with E-state index in [1.807, 2.05) is 12.1 Å². The minimum Gasteiger partial charge on any atom is -0.497 e. The van der Waals surface area contributed by atoms with E-state index in [-0.39, 0.29) is 17.4 Å². The summed E-state index contributed by atoms with van der Waals surface area (Å²) in [6.45, 7) is 0.411. The fourth-order valence-corrected chi connectivity index (χ4v) is 3.98. The van der Waals surface area contributed by atoms with Gasteiger partial charge in [0, 0.05) is 22.5 Å². The van der Waals surface area contributed by atoms with Crippen LogP contribution < -0.4 is 14.8 Å². The van der Waals surface area contributed by atoms with E-state index < -0.39 is 10.8 Å². The molecule has 158 valence electrons. The highest BCUT2D eigenvalue weighted by Crippen LogP contribution is 2.24. The number of amides is 1. The lowest BCUT2D eigenvalue weighted by molar-refractivity contribution is 0.0925. The molecule has 0 aliphatic rings. The first-order valence-electron chi connectivity index (χ1n) is 9.22. The number of halogens is 1. The van der Waals surface area contributed by atoms with E-state index >= 15 is 0 Å². The summed E-state index contributed by atoms with van der Waals surface area (Å²) >= 11 is 5.85. The number of hydrogen-bond donors (Lipinski definition) is 1. The topological polar surface area (TPSA) is 77.8 Å². The molecule has 0 bridgehead atoms. The SMILES string of the molecule is COc1ccc(CCNC(=O)c2ccc(C[S@](=O)c3ccc(Cl)cc3)o2)c(OC)c1. The lowest BCUT2D eigenvalue weighted by atomic mass is 10.1. The number of carbonyl (C=O) groups excluding carboxylic acids is 1. The van der Waals surface area contributed by atoms with Crippen molar-refractivity contribution in [3.8, 4) is 11.5 Å². The van der Waals surface area contributed by atoms with Crippen LogP contribution in [0.15, 0.2) is 63.9 Å². The molecule has 1 aromatic heterocycles. The van der Waals surface area contributed by atoms with E-state index in [0.717, 1.165) is 5.56 Å². The minimum absolute atomic E-state index is 0.179. The maximum absolute atomic E-state index is 12.4. The second-order valence-corrected chi connectivity index (χ2v) is 8.28. The van der Waals surface area contributed by atoms with Gasteiger partial charge in [0.05, 0.1) is 30.8 Å². The Morgan fingerprint density at radius 3 is 2.53 bits per heavy atom. The van der Waals surface area contributed by atoms with Crippen molar-refractivity contribution >= 4 is 28.3 Å². The number of nitrogens with one attached hydrogen (secondary N) is 1. The molecule has 3 rings (SSSR count). The Labute approximate surface area is 182 Å². The molecule has 3 aromatic rings. The van der Waals surface area contributed by atoms with Gasteiger partial charge in [-0.2, -0.15) is 0 Å². The quantitative estimate of drug-likeness (QED) is 0.531. The molecular weight excluding hydrogens is 426 g/mol. The van der Waals surface area contributed by atoms with Crippen LogP contribution in [0.5, 0.6) is 11.5 Å². The maximum Gasteiger partial charge on any atom is 0.287 e. The van der Waals surface area contributed by atoms with Gasteiger partial charge in [0.2, 0.25) is 0 Å². The summed E-state index contributed by atoms with van der Waals surface area (Å²) in [4.78, 5) is 13.0. The summed E-state index contributed by atoms with van der Waals surface area (Å²) < 4.78 is 28.5. The zero-order valence-electron chi connectivity index (χ0n) is 16.6. The van der Waals surface area contributed by atoms with Crippen molar-refractivity contribution in [2.45, 2.75) is 17.1 Å². The number of furan rings is 1. The third kappa shape index (κ3) is 5.64. The lowest BCUT2D eigenvalue weighted by Gasteiger charge is -2.10. The summed E-state index contributed by atoms with van der Waals surface area (Å²) in [5.41, 5.74) is 0.956. The standard InChI is InChI=1S/C22H22ClNO5S/c1-27-17-6-3-15(21(13-17)28-2)11-12-24-22(25)20-10-7-18(29-20)14-30(26)19-8-4-16(23)5-9-19/h3-10,13H,11-12,14H2,1-2H3,(H,24,25)/t30-/m0/s1. The molecule has 1 atom stereocenters. The van der Waals surface area contributed by atoms with E-state index in [1.165, 1.54) is 0 Å². The van der Waals surface area contributed by atoms with Gasteiger partial charge in [-0.15, -0.1) is 0 Å². The average Bonchev–Trinajstić information content (AvgIpc) is 3.22. The van der Waals surface area contributed by atoms with Gasteiger partial charge in [0.15, 0.2) is 5.76 Å². The molecule has 0 saturated carbocycles. The third-order valence-electron chi connectivity index (χ3n) is 4.41. The average molecular weight is 448 g/mol. The van der Waals surface area contributed by atoms with Crippen molar-refractivity contribution in [2.24, 2.45) is 0 Å². The number of rotatable bonds is 9. The minimum atomic E-state index is -1.29. The van der Waals surface area contributed by atoms with Crippen molar-refractivity contribution in [2.75, 3.05) is 20.8 Å². The number of ether oxygens (including phenoxy) is 2. The number of benzene rings is 2. The Bertz CT molecular complexity index is 1030. The van der Waals surface area contributed by atoms with Crippen LogP contribution in [0.2, 0.25) is 5.02 Å². The zero-order valence-corrected chi connectivity index (χ0v) is 18.2. The molecule has 1 amide bonds. The van der Waals surface area contributed by atoms with Crippen molar-refractivity contribution in [1.82, 2.24) is 5.32 Å². The zero-order chi connectivity index (χ0) is 21.5. The van der Waals surface area contributed by atoms with Crippen molar-refractivity contribution in [1.29, 1.82) is 0 Å². The molecule has 0 unspecified atom stereocenters. The van der Waals surface area contributed by atoms with Crippen LogP contribution in [-0.4, -0.2) is 30.9 Å².